The highest BCUT2D eigenvalue weighted by Gasteiger charge is 2.55. The van der Waals surface area contributed by atoms with Gasteiger partial charge in [0.25, 0.3) is 5.91 Å². The molecule has 3 aromatic rings. The van der Waals surface area contributed by atoms with Gasteiger partial charge in [0.05, 0.1) is 17.6 Å². The summed E-state index contributed by atoms with van der Waals surface area (Å²) in [6.45, 7) is 7.83. The molecule has 0 radical (unpaired) electrons. The molecule has 9 nitrogen and oxygen atoms in total. The maximum absolute atomic E-state index is 15.1. The van der Waals surface area contributed by atoms with Gasteiger partial charge in [-0.15, -0.1) is 0 Å². The largest absolute Gasteiger partial charge is 0.336 e. The Kier molecular flexibility index (Phi) is 6.13. The fraction of sp³-hybridized carbons (Fsp3) is 0.500. The first-order valence-electron chi connectivity index (χ1n) is 12.6. The van der Waals surface area contributed by atoms with Crippen molar-refractivity contribution in [2.45, 2.75) is 65.5 Å². The summed E-state index contributed by atoms with van der Waals surface area (Å²) in [7, 11) is 0. The third kappa shape index (κ3) is 4.40. The van der Waals surface area contributed by atoms with E-state index >= 15 is 4.39 Å². The van der Waals surface area contributed by atoms with Crippen molar-refractivity contribution in [3.05, 3.63) is 47.4 Å². The predicted molar refractivity (Wildman–Crippen MR) is 133 cm³/mol. The molecule has 0 aromatic carbocycles. The molecule has 0 aliphatic heterocycles. The van der Waals surface area contributed by atoms with Gasteiger partial charge in [-0.2, -0.15) is 10.2 Å². The molecule has 1 unspecified atom stereocenters. The maximum atomic E-state index is 15.1. The lowest BCUT2D eigenvalue weighted by molar-refractivity contribution is -0.124. The molecule has 2 saturated carbocycles. The van der Waals surface area contributed by atoms with E-state index in [4.69, 9.17) is 0 Å². The van der Waals surface area contributed by atoms with Crippen LogP contribution in [0.2, 0.25) is 0 Å². The monoisotopic (exact) mass is 493 g/mol. The van der Waals surface area contributed by atoms with E-state index in [1.165, 1.54) is 12.3 Å². The van der Waals surface area contributed by atoms with E-state index in [0.29, 0.717) is 41.0 Å². The Morgan fingerprint density at radius 1 is 1.25 bits per heavy atom. The number of nitrogens with one attached hydrogen (secondary N) is 3. The van der Waals surface area contributed by atoms with Gasteiger partial charge in [0.15, 0.2) is 5.82 Å². The molecule has 36 heavy (non-hydrogen) atoms. The van der Waals surface area contributed by atoms with Gasteiger partial charge in [0, 0.05) is 30.1 Å². The van der Waals surface area contributed by atoms with Crippen LogP contribution in [-0.4, -0.2) is 42.3 Å². The van der Waals surface area contributed by atoms with E-state index in [0.717, 1.165) is 25.7 Å². The van der Waals surface area contributed by atoms with Crippen LogP contribution in [0.1, 0.15) is 61.4 Å². The summed E-state index contributed by atoms with van der Waals surface area (Å²) in [5.41, 5.74) is 1.62. The topological polar surface area (TPSA) is 118 Å². The first-order chi connectivity index (χ1) is 17.2. The number of amides is 2. The molecule has 2 fully saturated rings. The molecule has 5 rings (SSSR count). The van der Waals surface area contributed by atoms with Crippen molar-refractivity contribution >= 4 is 17.5 Å². The van der Waals surface area contributed by atoms with Crippen LogP contribution in [0, 0.1) is 37.4 Å². The van der Waals surface area contributed by atoms with Gasteiger partial charge < -0.3 is 10.6 Å². The van der Waals surface area contributed by atoms with E-state index < -0.39 is 11.4 Å². The Balaban J connectivity index is 1.43. The lowest BCUT2D eigenvalue weighted by Gasteiger charge is -2.38. The van der Waals surface area contributed by atoms with Crippen LogP contribution in [0.15, 0.2) is 24.5 Å². The van der Waals surface area contributed by atoms with Gasteiger partial charge in [-0.1, -0.05) is 0 Å². The standard InChI is InChI=1S/C26H32FN7O2/c1-5-34-20(10-11-29-34)24(35)31-26(4,22(16-6-7-16)17-8-9-17)25(36)30-18-12-19(27)23(28-13-18)21-14(2)32-33-15(21)3/h10-13,16-17,22H,5-9H2,1-4H3,(H,30,36)(H,31,35)(H,32,33). The highest BCUT2D eigenvalue weighted by molar-refractivity contribution is 6.03. The minimum Gasteiger partial charge on any atom is -0.336 e. The highest BCUT2D eigenvalue weighted by atomic mass is 19.1. The van der Waals surface area contributed by atoms with Gasteiger partial charge in [-0.3, -0.25) is 24.4 Å². The first-order valence-corrected chi connectivity index (χ1v) is 12.6. The second-order valence-electron chi connectivity index (χ2n) is 10.2. The number of rotatable bonds is 9. The van der Waals surface area contributed by atoms with Crippen LogP contribution >= 0.6 is 0 Å². The predicted octanol–water partition coefficient (Wildman–Crippen LogP) is 4.01. The number of hydrogen-bond acceptors (Lipinski definition) is 5. The zero-order valence-electron chi connectivity index (χ0n) is 21.1. The number of H-pyrrole nitrogens is 1. The smallest absolute Gasteiger partial charge is 0.270 e. The minimum atomic E-state index is -1.17. The molecule has 3 N–H and O–H groups in total. The number of anilines is 1. The first kappa shape index (κ1) is 24.1. The molecule has 0 bridgehead atoms. The third-order valence-electron chi connectivity index (χ3n) is 7.48. The molecule has 10 heteroatoms. The Labute approximate surface area is 209 Å². The summed E-state index contributed by atoms with van der Waals surface area (Å²) in [6, 6.07) is 2.92. The van der Waals surface area contributed by atoms with E-state index in [1.807, 2.05) is 6.92 Å². The van der Waals surface area contributed by atoms with E-state index in [1.54, 1.807) is 37.7 Å². The molecule has 190 valence electrons. The van der Waals surface area contributed by atoms with Gasteiger partial charge >= 0.3 is 0 Å². The number of pyridine rings is 1. The van der Waals surface area contributed by atoms with Gasteiger partial charge in [-0.25, -0.2) is 4.39 Å². The lowest BCUT2D eigenvalue weighted by Crippen LogP contribution is -2.60. The van der Waals surface area contributed by atoms with Crippen LogP contribution in [0.25, 0.3) is 11.3 Å². The average Bonchev–Trinajstić information content (AvgIpc) is 3.77. The quantitative estimate of drug-likeness (QED) is 0.416. The van der Waals surface area contributed by atoms with Crippen LogP contribution in [0.4, 0.5) is 10.1 Å². The van der Waals surface area contributed by atoms with Gasteiger partial charge in [0.2, 0.25) is 5.91 Å². The molecule has 3 aromatic heterocycles. The molecule has 2 amide bonds. The number of halogens is 1. The van der Waals surface area contributed by atoms with Crippen LogP contribution in [0.5, 0.6) is 0 Å². The van der Waals surface area contributed by atoms with Crippen molar-refractivity contribution in [3.63, 3.8) is 0 Å². The molecule has 2 aliphatic rings. The Bertz CT molecular complexity index is 1280. The average molecular weight is 494 g/mol. The van der Waals surface area contributed by atoms with Crippen molar-refractivity contribution in [1.29, 1.82) is 0 Å². The summed E-state index contributed by atoms with van der Waals surface area (Å²) in [6.07, 6.45) is 7.19. The third-order valence-corrected chi connectivity index (χ3v) is 7.48. The van der Waals surface area contributed by atoms with Crippen molar-refractivity contribution in [1.82, 2.24) is 30.3 Å². The SMILES string of the molecule is CCn1nccc1C(=O)NC(C)(C(=O)Nc1cnc(-c2c(C)n[nH]c2C)c(F)c1)C(C1CC1)C1CC1. The fourth-order valence-corrected chi connectivity index (χ4v) is 5.46. The molecule has 3 heterocycles. The zero-order chi connectivity index (χ0) is 25.6. The number of carbonyl (C=O) groups excluding carboxylic acids is 2. The normalized spacial score (nSPS) is 17.2. The number of aryl methyl sites for hydroxylation is 3. The zero-order valence-corrected chi connectivity index (χ0v) is 21.1. The van der Waals surface area contributed by atoms with E-state index in [-0.39, 0.29) is 29.1 Å². The summed E-state index contributed by atoms with van der Waals surface area (Å²) in [4.78, 5) is 31.4. The van der Waals surface area contributed by atoms with E-state index in [9.17, 15) is 9.59 Å². The van der Waals surface area contributed by atoms with Crippen LogP contribution < -0.4 is 10.6 Å². The highest BCUT2D eigenvalue weighted by Crippen LogP contribution is 2.53. The van der Waals surface area contributed by atoms with Gasteiger partial charge in [0.1, 0.15) is 16.9 Å². The number of aromatic amines is 1. The second kappa shape index (κ2) is 9.15. The maximum Gasteiger partial charge on any atom is 0.270 e. The Morgan fingerprint density at radius 3 is 2.50 bits per heavy atom. The summed E-state index contributed by atoms with van der Waals surface area (Å²) in [5, 5.41) is 17.0. The lowest BCUT2D eigenvalue weighted by atomic mass is 9.77. The molecule has 0 spiro atoms. The fourth-order valence-electron chi connectivity index (χ4n) is 5.46. The number of nitrogens with zero attached hydrogens (tertiary/aromatic N) is 4. The van der Waals surface area contributed by atoms with E-state index in [2.05, 4.69) is 30.9 Å². The van der Waals surface area contributed by atoms with Crippen molar-refractivity contribution in [3.8, 4) is 11.3 Å². The molecular weight excluding hydrogens is 461 g/mol. The van der Waals surface area contributed by atoms with Crippen molar-refractivity contribution in [2.24, 2.45) is 17.8 Å². The number of carbonyl (C=O) groups is 2. The minimum absolute atomic E-state index is 0.00718. The van der Waals surface area contributed by atoms with Crippen molar-refractivity contribution < 1.29 is 14.0 Å². The molecule has 1 atom stereocenters. The van der Waals surface area contributed by atoms with Crippen LogP contribution in [-0.2, 0) is 11.3 Å². The van der Waals surface area contributed by atoms with Gasteiger partial charge in [-0.05, 0) is 77.2 Å². The second-order valence-corrected chi connectivity index (χ2v) is 10.2. The molecular formula is C26H32FN7O2. The summed E-state index contributed by atoms with van der Waals surface area (Å²) in [5.74, 6) is -0.495. The summed E-state index contributed by atoms with van der Waals surface area (Å²) >= 11 is 0. The summed E-state index contributed by atoms with van der Waals surface area (Å²) < 4.78 is 16.7. The Morgan fingerprint density at radius 2 is 1.94 bits per heavy atom. The van der Waals surface area contributed by atoms with Crippen LogP contribution in [0.3, 0.4) is 0 Å². The molecule has 2 aliphatic carbocycles. The molecule has 0 saturated heterocycles. The van der Waals surface area contributed by atoms with Crippen molar-refractivity contribution in [2.75, 3.05) is 5.32 Å². The Hall–Kier alpha value is -3.56. The number of aromatic nitrogens is 5. The number of hydrogen-bond donors (Lipinski definition) is 3.